The first-order valence-corrected chi connectivity index (χ1v) is 12.0. The number of aliphatic carboxylic acids is 1. The molecule has 3 nitrogen and oxygen atoms in total. The monoisotopic (exact) mass is 411 g/mol. The minimum absolute atomic E-state index is 0.722. The number of benzene rings is 1. The highest BCUT2D eigenvalue weighted by atomic mass is 16.4. The van der Waals surface area contributed by atoms with Gasteiger partial charge in [-0.15, -0.1) is 0 Å². The highest BCUT2D eigenvalue weighted by Gasteiger charge is 1.95. The second-order valence-corrected chi connectivity index (χ2v) is 8.00. The predicted molar refractivity (Wildman–Crippen MR) is 129 cm³/mol. The van der Waals surface area contributed by atoms with Crippen LogP contribution in [0.15, 0.2) is 36.4 Å². The summed E-state index contributed by atoms with van der Waals surface area (Å²) in [5, 5.41) is 12.0. The Bertz CT molecular complexity index is 637. The van der Waals surface area contributed by atoms with E-state index in [4.69, 9.17) is 5.11 Å². The van der Waals surface area contributed by atoms with Crippen LogP contribution >= 0.6 is 0 Å². The molecule has 0 aliphatic carbocycles. The molecule has 3 heteroatoms. The lowest BCUT2D eigenvalue weighted by atomic mass is 10.1. The fraction of sp³-hybridized carbons (Fsp3) is 0.593. The Kier molecular flexibility index (Phi) is 16.2. The molecule has 166 valence electrons. The third-order valence-electron chi connectivity index (χ3n) is 5.22. The van der Waals surface area contributed by atoms with E-state index >= 15 is 0 Å². The number of carboxylic acids is 1. The number of unbranched alkanes of at least 4 members (excludes halogenated alkanes) is 12. The minimum Gasteiger partial charge on any atom is -0.472 e. The zero-order chi connectivity index (χ0) is 21.7. The molecule has 0 radical (unpaired) electrons. The number of hydrogen-bond acceptors (Lipinski definition) is 2. The van der Waals surface area contributed by atoms with Crippen LogP contribution in [0.25, 0.3) is 0 Å². The van der Waals surface area contributed by atoms with E-state index < -0.39 is 5.97 Å². The first-order chi connectivity index (χ1) is 14.7. The van der Waals surface area contributed by atoms with E-state index in [0.29, 0.717) is 0 Å². The van der Waals surface area contributed by atoms with Crippen LogP contribution in [-0.4, -0.2) is 17.6 Å². The van der Waals surface area contributed by atoms with E-state index in [-0.39, 0.29) is 0 Å². The van der Waals surface area contributed by atoms with Crippen LogP contribution in [0.1, 0.15) is 102 Å². The Morgan fingerprint density at radius 3 is 1.93 bits per heavy atom. The Balaban J connectivity index is 1.89. The molecule has 0 saturated carbocycles. The maximum absolute atomic E-state index is 10.4. The van der Waals surface area contributed by atoms with Crippen LogP contribution in [0.2, 0.25) is 0 Å². The average molecular weight is 412 g/mol. The molecule has 30 heavy (non-hydrogen) atoms. The van der Waals surface area contributed by atoms with E-state index in [2.05, 4.69) is 36.2 Å². The van der Waals surface area contributed by atoms with Gasteiger partial charge in [0.15, 0.2) is 0 Å². The topological polar surface area (TPSA) is 49.3 Å². The predicted octanol–water partition coefficient (Wildman–Crippen LogP) is 7.57. The highest BCUT2D eigenvalue weighted by molar-refractivity contribution is 5.87. The van der Waals surface area contributed by atoms with Gasteiger partial charge in [-0.25, -0.2) is 4.79 Å². The molecule has 2 N–H and O–H groups in total. The normalized spacial score (nSPS) is 10.7. The third kappa shape index (κ3) is 15.7. The zero-order valence-corrected chi connectivity index (χ0v) is 18.9. The first kappa shape index (κ1) is 25.8. The van der Waals surface area contributed by atoms with Crippen molar-refractivity contribution in [2.24, 2.45) is 0 Å². The summed E-state index contributed by atoms with van der Waals surface area (Å²) >= 11 is 0. The van der Waals surface area contributed by atoms with Gasteiger partial charge in [0.1, 0.15) is 0 Å². The van der Waals surface area contributed by atoms with Crippen molar-refractivity contribution in [2.45, 2.75) is 96.8 Å². The van der Waals surface area contributed by atoms with Gasteiger partial charge in [-0.1, -0.05) is 82.8 Å². The Hall–Kier alpha value is -2.21. The van der Waals surface area contributed by atoms with Crippen LogP contribution in [0, 0.1) is 11.8 Å². The van der Waals surface area contributed by atoms with Crippen LogP contribution < -0.4 is 5.32 Å². The summed E-state index contributed by atoms with van der Waals surface area (Å²) in [5.41, 5.74) is 1.78. The average Bonchev–Trinajstić information content (AvgIpc) is 2.75. The van der Waals surface area contributed by atoms with Gasteiger partial charge in [-0.05, 0) is 56.4 Å². The molecule has 0 bridgehead atoms. The molecule has 0 saturated heterocycles. The van der Waals surface area contributed by atoms with Gasteiger partial charge in [0.05, 0.1) is 0 Å². The summed E-state index contributed by atoms with van der Waals surface area (Å²) in [6.45, 7) is 3.24. The molecule has 0 aliphatic heterocycles. The molecular formula is C27H41NO2. The summed E-state index contributed by atoms with van der Waals surface area (Å²) < 4.78 is 0. The number of carboxylic acid groups (broad SMARTS) is 1. The second-order valence-electron chi connectivity index (χ2n) is 8.00. The van der Waals surface area contributed by atoms with E-state index in [1.54, 1.807) is 0 Å². The first-order valence-electron chi connectivity index (χ1n) is 12.0. The molecule has 1 rings (SSSR count). The summed E-state index contributed by atoms with van der Waals surface area (Å²) in [4.78, 5) is 10.4. The summed E-state index contributed by atoms with van der Waals surface area (Å²) in [6, 6.07) is 7.60. The Labute approximate surface area is 184 Å². The van der Waals surface area contributed by atoms with Crippen molar-refractivity contribution in [1.29, 1.82) is 0 Å². The number of carbonyl (C=O) groups is 1. The van der Waals surface area contributed by atoms with Crippen LogP contribution in [0.4, 0.5) is 5.69 Å². The molecule has 0 fully saturated rings. The lowest BCUT2D eigenvalue weighted by Gasteiger charge is -2.06. The van der Waals surface area contributed by atoms with Gasteiger partial charge in [0, 0.05) is 23.7 Å². The molecule has 0 aliphatic rings. The fourth-order valence-electron chi connectivity index (χ4n) is 3.40. The molecule has 1 aromatic carbocycles. The van der Waals surface area contributed by atoms with Gasteiger partial charge in [0.2, 0.25) is 0 Å². The highest BCUT2D eigenvalue weighted by Crippen LogP contribution is 2.11. The van der Waals surface area contributed by atoms with Crippen molar-refractivity contribution >= 4 is 11.7 Å². The molecule has 1 aromatic rings. The third-order valence-corrected chi connectivity index (χ3v) is 5.22. The summed E-state index contributed by atoms with van der Waals surface area (Å²) in [7, 11) is 0. The van der Waals surface area contributed by atoms with Gasteiger partial charge in [0.25, 0.3) is 0 Å². The molecule has 0 atom stereocenters. The van der Waals surface area contributed by atoms with E-state index in [0.717, 1.165) is 17.8 Å². The van der Waals surface area contributed by atoms with Crippen molar-refractivity contribution in [3.8, 4) is 11.8 Å². The number of allylic oxidation sites excluding steroid dienone is 2. The lowest BCUT2D eigenvalue weighted by Crippen LogP contribution is -2.01. The molecule has 0 amide bonds. The zero-order valence-electron chi connectivity index (χ0n) is 18.9. The molecule has 0 unspecified atom stereocenters. The van der Waals surface area contributed by atoms with Crippen molar-refractivity contribution in [3.63, 3.8) is 0 Å². The minimum atomic E-state index is -1.10. The Morgan fingerprint density at radius 1 is 0.833 bits per heavy atom. The quantitative estimate of drug-likeness (QED) is 0.158. The Morgan fingerprint density at radius 2 is 1.37 bits per heavy atom. The second kappa shape index (κ2) is 18.8. The van der Waals surface area contributed by atoms with Crippen molar-refractivity contribution < 1.29 is 9.90 Å². The van der Waals surface area contributed by atoms with Gasteiger partial charge < -0.3 is 10.4 Å². The molecular weight excluding hydrogens is 370 g/mol. The van der Waals surface area contributed by atoms with Gasteiger partial charge in [-0.2, -0.15) is 0 Å². The number of hydrogen-bond donors (Lipinski definition) is 2. The van der Waals surface area contributed by atoms with Crippen LogP contribution in [0.5, 0.6) is 0 Å². The maximum atomic E-state index is 10.4. The van der Waals surface area contributed by atoms with Gasteiger partial charge in [-0.3, -0.25) is 0 Å². The molecule has 0 spiro atoms. The summed E-state index contributed by atoms with van der Waals surface area (Å²) in [5.74, 6) is 3.64. The largest absolute Gasteiger partial charge is 0.472 e. The molecule has 0 aromatic heterocycles. The SMILES string of the molecule is CCCCCCCC/C=C/CCCCCCCCNc1ccc(C#CC(=O)O)cc1. The fourth-order valence-corrected chi connectivity index (χ4v) is 3.40. The van der Waals surface area contributed by atoms with Crippen molar-refractivity contribution in [2.75, 3.05) is 11.9 Å². The number of rotatable bonds is 17. The van der Waals surface area contributed by atoms with E-state index in [1.807, 2.05) is 24.3 Å². The summed E-state index contributed by atoms with van der Waals surface area (Å²) in [6.07, 6.45) is 23.3. The molecule has 0 heterocycles. The van der Waals surface area contributed by atoms with Crippen LogP contribution in [-0.2, 0) is 4.79 Å². The van der Waals surface area contributed by atoms with Crippen molar-refractivity contribution in [1.82, 2.24) is 0 Å². The van der Waals surface area contributed by atoms with E-state index in [1.165, 1.54) is 89.9 Å². The lowest BCUT2D eigenvalue weighted by molar-refractivity contribution is -0.130. The van der Waals surface area contributed by atoms with Gasteiger partial charge >= 0.3 is 5.97 Å². The maximum Gasteiger partial charge on any atom is 0.382 e. The van der Waals surface area contributed by atoms with Crippen LogP contribution in [0.3, 0.4) is 0 Å². The number of nitrogens with one attached hydrogen (secondary N) is 1. The smallest absolute Gasteiger partial charge is 0.382 e. The standard InChI is InChI=1S/C27H41NO2/c1-2-3-4-5-6-7-8-9-10-11-12-13-14-15-16-17-24-28-26-21-18-25(19-22-26)20-23-27(29)30/h9-10,18-19,21-22,28H,2-8,11-17,24H2,1H3,(H,29,30)/b10-9+. The number of anilines is 1. The van der Waals surface area contributed by atoms with E-state index in [9.17, 15) is 4.79 Å². The van der Waals surface area contributed by atoms with Crippen molar-refractivity contribution in [3.05, 3.63) is 42.0 Å².